The number of hydrogen-bond donors (Lipinski definition) is 1. The van der Waals surface area contributed by atoms with Gasteiger partial charge in [-0.25, -0.2) is 9.67 Å². The molecule has 1 unspecified atom stereocenters. The summed E-state index contributed by atoms with van der Waals surface area (Å²) in [5.41, 5.74) is 5.96. The van der Waals surface area contributed by atoms with E-state index < -0.39 is 0 Å². The normalized spacial score (nSPS) is 13.6. The highest BCUT2D eigenvalue weighted by molar-refractivity contribution is 5.80. The van der Waals surface area contributed by atoms with E-state index in [9.17, 15) is 4.79 Å². The summed E-state index contributed by atoms with van der Waals surface area (Å²) in [5.74, 6) is 0.866. The van der Waals surface area contributed by atoms with Crippen LogP contribution in [0, 0.1) is 5.41 Å². The number of ketones is 1. The fourth-order valence-corrected chi connectivity index (χ4v) is 1.62. The Morgan fingerprint density at radius 1 is 1.50 bits per heavy atom. The minimum absolute atomic E-state index is 0.0489. The molecule has 1 heterocycles. The third-order valence-electron chi connectivity index (χ3n) is 3.05. The van der Waals surface area contributed by atoms with Gasteiger partial charge in [0.05, 0.1) is 6.42 Å². The molecule has 0 bridgehead atoms. The van der Waals surface area contributed by atoms with Gasteiger partial charge < -0.3 is 5.73 Å². The summed E-state index contributed by atoms with van der Waals surface area (Å²) in [4.78, 5) is 16.1. The first kappa shape index (κ1) is 14.8. The van der Waals surface area contributed by atoms with Crippen LogP contribution < -0.4 is 5.73 Å². The summed E-state index contributed by atoms with van der Waals surface area (Å²) in [6.45, 7) is 9.01. The van der Waals surface area contributed by atoms with Gasteiger partial charge in [0.2, 0.25) is 0 Å². The molecule has 0 aliphatic rings. The van der Waals surface area contributed by atoms with Crippen LogP contribution in [0.3, 0.4) is 0 Å². The molecule has 0 amide bonds. The van der Waals surface area contributed by atoms with Crippen molar-refractivity contribution in [2.75, 3.05) is 0 Å². The Kier molecular flexibility index (Phi) is 5.02. The molecule has 5 heteroatoms. The smallest absolute Gasteiger partial charge is 0.142 e. The van der Waals surface area contributed by atoms with E-state index in [-0.39, 0.29) is 17.2 Å². The lowest BCUT2D eigenvalue weighted by Gasteiger charge is -2.26. The molecule has 0 aliphatic carbocycles. The van der Waals surface area contributed by atoms with Crippen LogP contribution in [0.2, 0.25) is 0 Å². The fraction of sp³-hybridized carbons (Fsp3) is 0.769. The van der Waals surface area contributed by atoms with Crippen molar-refractivity contribution in [1.82, 2.24) is 14.8 Å². The lowest BCUT2D eigenvalue weighted by molar-refractivity contribution is -0.119. The molecule has 2 N–H and O–H groups in total. The Morgan fingerprint density at radius 2 is 2.17 bits per heavy atom. The number of carbonyl (C=O) groups excluding carboxylic acids is 1. The van der Waals surface area contributed by atoms with E-state index in [0.717, 1.165) is 18.8 Å². The van der Waals surface area contributed by atoms with Crippen molar-refractivity contribution in [2.45, 2.75) is 59.5 Å². The van der Waals surface area contributed by atoms with E-state index >= 15 is 0 Å². The molecule has 18 heavy (non-hydrogen) atoms. The molecule has 1 rings (SSSR count). The van der Waals surface area contributed by atoms with Crippen LogP contribution in [0.5, 0.6) is 0 Å². The summed E-state index contributed by atoms with van der Waals surface area (Å²) < 4.78 is 1.79. The number of rotatable bonds is 6. The van der Waals surface area contributed by atoms with Gasteiger partial charge in [0.1, 0.15) is 17.9 Å². The van der Waals surface area contributed by atoms with Crippen LogP contribution in [0.15, 0.2) is 6.33 Å². The van der Waals surface area contributed by atoms with Crippen LogP contribution in [-0.4, -0.2) is 26.6 Å². The first-order valence-electron chi connectivity index (χ1n) is 6.48. The highest BCUT2D eigenvalue weighted by atomic mass is 16.1. The van der Waals surface area contributed by atoms with E-state index in [1.807, 2.05) is 20.8 Å². The molecule has 0 saturated heterocycles. The highest BCUT2D eigenvalue weighted by Gasteiger charge is 2.23. The summed E-state index contributed by atoms with van der Waals surface area (Å²) in [5, 5.41) is 4.11. The number of nitrogens with two attached hydrogens (primary N) is 1. The van der Waals surface area contributed by atoms with E-state index in [4.69, 9.17) is 5.73 Å². The van der Waals surface area contributed by atoms with Crippen LogP contribution in [0.4, 0.5) is 0 Å². The fourth-order valence-electron chi connectivity index (χ4n) is 1.62. The van der Waals surface area contributed by atoms with E-state index in [1.165, 1.54) is 6.33 Å². The second kappa shape index (κ2) is 6.09. The van der Waals surface area contributed by atoms with Crippen molar-refractivity contribution < 1.29 is 4.79 Å². The van der Waals surface area contributed by atoms with Crippen molar-refractivity contribution in [2.24, 2.45) is 11.1 Å². The molecule has 1 aromatic rings. The van der Waals surface area contributed by atoms with Gasteiger partial charge in [-0.05, 0) is 11.8 Å². The summed E-state index contributed by atoms with van der Waals surface area (Å²) in [6, 6.07) is -0.118. The Morgan fingerprint density at radius 3 is 2.72 bits per heavy atom. The molecule has 1 aromatic heterocycles. The van der Waals surface area contributed by atoms with Crippen molar-refractivity contribution in [3.05, 3.63) is 12.2 Å². The number of carbonyl (C=O) groups is 1. The van der Waals surface area contributed by atoms with Gasteiger partial charge in [0.15, 0.2) is 0 Å². The van der Waals surface area contributed by atoms with Gasteiger partial charge in [-0.1, -0.05) is 27.7 Å². The monoisotopic (exact) mass is 252 g/mol. The second-order valence-corrected chi connectivity index (χ2v) is 5.79. The molecule has 0 aromatic carbocycles. The third-order valence-corrected chi connectivity index (χ3v) is 3.05. The van der Waals surface area contributed by atoms with E-state index in [0.29, 0.717) is 12.8 Å². The van der Waals surface area contributed by atoms with Crippen LogP contribution in [0.1, 0.15) is 46.4 Å². The van der Waals surface area contributed by atoms with Gasteiger partial charge in [-0.15, -0.1) is 0 Å². The number of aromatic nitrogens is 3. The molecule has 102 valence electrons. The largest absolute Gasteiger partial charge is 0.327 e. The minimum Gasteiger partial charge on any atom is -0.327 e. The average molecular weight is 252 g/mol. The Bertz CT molecular complexity index is 392. The minimum atomic E-state index is -0.118. The molecular weight excluding hydrogens is 228 g/mol. The topological polar surface area (TPSA) is 73.8 Å². The molecule has 5 nitrogen and oxygen atoms in total. The van der Waals surface area contributed by atoms with E-state index in [2.05, 4.69) is 17.0 Å². The van der Waals surface area contributed by atoms with Gasteiger partial charge in [-0.2, -0.15) is 5.10 Å². The lowest BCUT2D eigenvalue weighted by atomic mass is 9.84. The summed E-state index contributed by atoms with van der Waals surface area (Å²) in [7, 11) is 0. The Labute approximate surface area is 109 Å². The maximum Gasteiger partial charge on any atom is 0.142 e. The van der Waals surface area contributed by atoms with Crippen molar-refractivity contribution in [3.63, 3.8) is 0 Å². The van der Waals surface area contributed by atoms with Crippen molar-refractivity contribution in [3.8, 4) is 0 Å². The van der Waals surface area contributed by atoms with Crippen LogP contribution in [-0.2, 0) is 17.8 Å². The molecule has 0 spiro atoms. The van der Waals surface area contributed by atoms with Gasteiger partial charge in [-0.3, -0.25) is 4.79 Å². The average Bonchev–Trinajstić information content (AvgIpc) is 2.64. The number of Topliss-reactive ketones (excluding diaryl/α,β-unsaturated/α-hetero) is 1. The van der Waals surface area contributed by atoms with Gasteiger partial charge in [0, 0.05) is 19.0 Å². The molecule has 0 radical (unpaired) electrons. The summed E-state index contributed by atoms with van der Waals surface area (Å²) in [6.07, 6.45) is 3.19. The second-order valence-electron chi connectivity index (χ2n) is 5.79. The number of hydrogen-bond acceptors (Lipinski definition) is 4. The first-order valence-corrected chi connectivity index (χ1v) is 6.48. The Balaban J connectivity index is 2.57. The van der Waals surface area contributed by atoms with E-state index in [1.54, 1.807) is 4.68 Å². The standard InChI is InChI=1S/C13H24N4O/c1-5-6-17-12(15-9-16-17)8-10(18)7-11(14)13(2,3)4/h9,11H,5-8,14H2,1-4H3. The number of nitrogens with zero attached hydrogens (tertiary/aromatic N) is 3. The van der Waals surface area contributed by atoms with Crippen molar-refractivity contribution >= 4 is 5.78 Å². The number of aryl methyl sites for hydroxylation is 1. The highest BCUT2D eigenvalue weighted by Crippen LogP contribution is 2.20. The molecule has 0 aliphatic heterocycles. The third kappa shape index (κ3) is 4.22. The molecule has 0 fully saturated rings. The van der Waals surface area contributed by atoms with Crippen molar-refractivity contribution in [1.29, 1.82) is 0 Å². The zero-order valence-electron chi connectivity index (χ0n) is 11.8. The lowest BCUT2D eigenvalue weighted by Crippen LogP contribution is -2.37. The zero-order chi connectivity index (χ0) is 13.8. The van der Waals surface area contributed by atoms with Gasteiger partial charge >= 0.3 is 0 Å². The van der Waals surface area contributed by atoms with Crippen LogP contribution >= 0.6 is 0 Å². The zero-order valence-corrected chi connectivity index (χ0v) is 11.8. The van der Waals surface area contributed by atoms with Crippen LogP contribution in [0.25, 0.3) is 0 Å². The SMILES string of the molecule is CCCn1ncnc1CC(=O)CC(N)C(C)(C)C. The molecular formula is C13H24N4O. The maximum absolute atomic E-state index is 12.0. The molecule has 1 atom stereocenters. The maximum atomic E-state index is 12.0. The Hall–Kier alpha value is -1.23. The summed E-state index contributed by atoms with van der Waals surface area (Å²) >= 11 is 0. The predicted octanol–water partition coefficient (Wildman–Crippen LogP) is 1.56. The predicted molar refractivity (Wildman–Crippen MR) is 71.1 cm³/mol. The quantitative estimate of drug-likeness (QED) is 0.834. The first-order chi connectivity index (χ1) is 8.34. The van der Waals surface area contributed by atoms with Gasteiger partial charge in [0.25, 0.3) is 0 Å². The molecule has 0 saturated carbocycles.